The van der Waals surface area contributed by atoms with E-state index >= 15 is 0 Å². The van der Waals surface area contributed by atoms with Crippen LogP contribution in [0.25, 0.3) is 0 Å². The third-order valence-corrected chi connectivity index (χ3v) is 4.97. The molecule has 4 heteroatoms. The number of aliphatic hydroxyl groups is 1. The van der Waals surface area contributed by atoms with Crippen LogP contribution in [-0.4, -0.2) is 35.5 Å². The molecule has 168 valence electrons. The molecule has 0 saturated carbocycles. The topological polar surface area (TPSA) is 66.8 Å². The van der Waals surface area contributed by atoms with Gasteiger partial charge in [-0.3, -0.25) is 4.79 Å². The van der Waals surface area contributed by atoms with Crippen molar-refractivity contribution in [2.45, 2.75) is 85.7 Å². The molecule has 0 spiro atoms. The lowest BCUT2D eigenvalue weighted by Crippen LogP contribution is -2.26. The minimum Gasteiger partial charge on any atom is -0.481 e. The first-order valence-electron chi connectivity index (χ1n) is 11.0. The molecule has 3 atom stereocenters. The Morgan fingerprint density at radius 3 is 2.10 bits per heavy atom. The Hall–Kier alpha value is -1.57. The minimum atomic E-state index is -0.833. The lowest BCUT2D eigenvalue weighted by atomic mass is 9.69. The first kappa shape index (κ1) is 29.6. The highest BCUT2D eigenvalue weighted by atomic mass is 16.5. The maximum absolute atomic E-state index is 9.00. The summed E-state index contributed by atoms with van der Waals surface area (Å²) < 4.78 is 4.98. The molecule has 3 rings (SSSR count). The summed E-state index contributed by atoms with van der Waals surface area (Å²) in [6, 6.07) is 0. The molecule has 0 aromatic rings. The van der Waals surface area contributed by atoms with Crippen LogP contribution in [0.5, 0.6) is 0 Å². The molecule has 2 N–H and O–H groups in total. The second-order valence-electron chi connectivity index (χ2n) is 7.60. The summed E-state index contributed by atoms with van der Waals surface area (Å²) in [4.78, 5) is 9.00. The van der Waals surface area contributed by atoms with E-state index in [-0.39, 0.29) is 6.10 Å². The predicted octanol–water partition coefficient (Wildman–Crippen LogP) is 5.86. The number of rotatable bonds is 1. The summed E-state index contributed by atoms with van der Waals surface area (Å²) in [5.74, 6) is 1.76. The average Bonchev–Trinajstić information content (AvgIpc) is 2.71. The molecule has 0 amide bonds. The number of carboxylic acid groups (broad SMARTS) is 1. The number of hydrogen-bond acceptors (Lipinski definition) is 3. The first-order valence-corrected chi connectivity index (χ1v) is 11.0. The minimum absolute atomic E-state index is 0.0891. The lowest BCUT2D eigenvalue weighted by molar-refractivity contribution is -0.134. The van der Waals surface area contributed by atoms with Crippen LogP contribution in [0.2, 0.25) is 0 Å². The fraction of sp³-hybridized carbons (Fsp3) is 0.720. The molecule has 0 bridgehead atoms. The highest BCUT2D eigenvalue weighted by molar-refractivity contribution is 5.62. The number of ether oxygens (including phenoxy) is 1. The van der Waals surface area contributed by atoms with Gasteiger partial charge in [0.15, 0.2) is 0 Å². The van der Waals surface area contributed by atoms with Gasteiger partial charge >= 0.3 is 0 Å². The normalized spacial score (nSPS) is 24.8. The van der Waals surface area contributed by atoms with Crippen LogP contribution >= 0.6 is 0 Å². The number of aliphatic carboxylic acids is 1. The van der Waals surface area contributed by atoms with Gasteiger partial charge in [0.1, 0.15) is 0 Å². The molecule has 3 unspecified atom stereocenters. The van der Waals surface area contributed by atoms with Gasteiger partial charge in [-0.15, -0.1) is 12.8 Å². The van der Waals surface area contributed by atoms with Crippen LogP contribution < -0.4 is 0 Å². The summed E-state index contributed by atoms with van der Waals surface area (Å²) in [6.45, 7) is 11.5. The summed E-state index contributed by atoms with van der Waals surface area (Å²) in [7, 11) is 0. The van der Waals surface area contributed by atoms with E-state index in [1.807, 2.05) is 0 Å². The van der Waals surface area contributed by atoms with E-state index in [9.17, 15) is 0 Å². The molecule has 1 aliphatic heterocycles. The Labute approximate surface area is 179 Å². The van der Waals surface area contributed by atoms with Crippen molar-refractivity contribution in [1.82, 2.24) is 0 Å². The van der Waals surface area contributed by atoms with E-state index in [0.29, 0.717) is 0 Å². The molecule has 4 nitrogen and oxygen atoms in total. The molecular formula is C25H44O4. The van der Waals surface area contributed by atoms with Crippen LogP contribution in [0.3, 0.4) is 0 Å². The molecule has 0 aromatic heterocycles. The summed E-state index contributed by atoms with van der Waals surface area (Å²) in [5.41, 5.74) is 1.64. The van der Waals surface area contributed by atoms with Crippen molar-refractivity contribution < 1.29 is 19.7 Å². The van der Waals surface area contributed by atoms with Gasteiger partial charge in [0.25, 0.3) is 5.97 Å². The zero-order chi connectivity index (χ0) is 22.7. The van der Waals surface area contributed by atoms with E-state index in [1.54, 1.807) is 5.57 Å². The highest BCUT2D eigenvalue weighted by Gasteiger charge is 2.30. The van der Waals surface area contributed by atoms with Crippen molar-refractivity contribution in [3.8, 4) is 12.8 Å². The van der Waals surface area contributed by atoms with Crippen LogP contribution in [0, 0.1) is 30.6 Å². The van der Waals surface area contributed by atoms with Gasteiger partial charge in [-0.2, -0.15) is 0 Å². The Morgan fingerprint density at radius 2 is 1.69 bits per heavy atom. The molecule has 3 aliphatic rings. The van der Waals surface area contributed by atoms with Crippen LogP contribution in [-0.2, 0) is 9.53 Å². The van der Waals surface area contributed by atoms with E-state index < -0.39 is 5.97 Å². The Morgan fingerprint density at radius 1 is 1.17 bits per heavy atom. The van der Waals surface area contributed by atoms with Crippen LogP contribution in [0.4, 0.5) is 0 Å². The number of fused-ring (bicyclic) bond motifs is 1. The summed E-state index contributed by atoms with van der Waals surface area (Å²) in [5, 5.41) is 16.2. The first-order chi connectivity index (χ1) is 13.9. The van der Waals surface area contributed by atoms with Gasteiger partial charge in [0, 0.05) is 20.1 Å². The third-order valence-electron chi connectivity index (χ3n) is 4.97. The zero-order valence-corrected chi connectivity index (χ0v) is 19.3. The Balaban J connectivity index is 0. The second kappa shape index (κ2) is 19.7. The maximum atomic E-state index is 9.00. The van der Waals surface area contributed by atoms with Crippen molar-refractivity contribution >= 4 is 5.97 Å². The molecule has 1 fully saturated rings. The molecule has 2 aliphatic carbocycles. The van der Waals surface area contributed by atoms with Gasteiger partial charge in [-0.1, -0.05) is 58.8 Å². The van der Waals surface area contributed by atoms with Crippen molar-refractivity contribution in [2.75, 3.05) is 13.2 Å². The van der Waals surface area contributed by atoms with Gasteiger partial charge in [0.2, 0.25) is 0 Å². The van der Waals surface area contributed by atoms with E-state index in [4.69, 9.17) is 19.7 Å². The largest absolute Gasteiger partial charge is 0.481 e. The average molecular weight is 409 g/mol. The molecule has 29 heavy (non-hydrogen) atoms. The maximum Gasteiger partial charge on any atom is 0.300 e. The van der Waals surface area contributed by atoms with Gasteiger partial charge in [0.05, 0.1) is 6.10 Å². The Kier molecular flexibility index (Phi) is 20.2. The second-order valence-corrected chi connectivity index (χ2v) is 7.60. The van der Waals surface area contributed by atoms with Crippen LogP contribution in [0.15, 0.2) is 23.8 Å². The fourth-order valence-corrected chi connectivity index (χ4v) is 3.69. The van der Waals surface area contributed by atoms with Crippen molar-refractivity contribution in [3.63, 3.8) is 0 Å². The monoisotopic (exact) mass is 408 g/mol. The predicted molar refractivity (Wildman–Crippen MR) is 123 cm³/mol. The quantitative estimate of drug-likeness (QED) is 0.533. The fourth-order valence-electron chi connectivity index (χ4n) is 3.69. The van der Waals surface area contributed by atoms with E-state index in [0.717, 1.165) is 50.7 Å². The van der Waals surface area contributed by atoms with E-state index in [2.05, 4.69) is 58.8 Å². The van der Waals surface area contributed by atoms with Gasteiger partial charge < -0.3 is 14.9 Å². The highest BCUT2D eigenvalue weighted by Crippen LogP contribution is 2.41. The SMILES string of the molecule is C#C.CC(=O)O.CCC.CCC1C(C)C=CC2=CCCCC21.OC1CCOCC1. The van der Waals surface area contributed by atoms with E-state index in [1.165, 1.54) is 32.1 Å². The number of aliphatic hydroxyl groups excluding tert-OH is 1. The third kappa shape index (κ3) is 15.0. The summed E-state index contributed by atoms with van der Waals surface area (Å²) in [6.07, 6.45) is 23.5. The molecule has 0 radical (unpaired) electrons. The summed E-state index contributed by atoms with van der Waals surface area (Å²) >= 11 is 0. The smallest absolute Gasteiger partial charge is 0.300 e. The number of hydrogen-bond donors (Lipinski definition) is 2. The lowest BCUT2D eigenvalue weighted by Gasteiger charge is -2.36. The number of carboxylic acids is 1. The molecule has 1 saturated heterocycles. The van der Waals surface area contributed by atoms with Crippen LogP contribution in [0.1, 0.15) is 79.6 Å². The molecule has 1 heterocycles. The van der Waals surface area contributed by atoms with Crippen molar-refractivity contribution in [1.29, 1.82) is 0 Å². The van der Waals surface area contributed by atoms with Gasteiger partial charge in [-0.05, 0) is 55.4 Å². The van der Waals surface area contributed by atoms with Gasteiger partial charge in [-0.25, -0.2) is 0 Å². The number of allylic oxidation sites excluding steroid dienone is 4. The molecule has 0 aromatic carbocycles. The standard InChI is InChI=1S/C13H20.C5H10O2.C3H8.C2H4O2.C2H2/c1-3-12-10(2)8-9-11-6-4-5-7-13(11)12;6-5-1-3-7-4-2-5;1-3-2;1-2(3)4;1-2/h6,8-10,12-13H,3-5,7H2,1-2H3;5-6H,1-4H2;3H2,1-2H3;1H3,(H,3,4);1-2H. The Bertz CT molecular complexity index is 468. The zero-order valence-electron chi connectivity index (χ0n) is 19.3. The van der Waals surface area contributed by atoms with Crippen molar-refractivity contribution in [3.05, 3.63) is 23.8 Å². The number of terminal acetylenes is 1. The molecular weight excluding hydrogens is 364 g/mol. The van der Waals surface area contributed by atoms with Crippen molar-refractivity contribution in [2.24, 2.45) is 17.8 Å². The number of carbonyl (C=O) groups is 1.